The van der Waals surface area contributed by atoms with E-state index in [0.717, 1.165) is 40.5 Å². The van der Waals surface area contributed by atoms with E-state index < -0.39 is 0 Å². The second-order valence-corrected chi connectivity index (χ2v) is 9.21. The molecule has 0 bridgehead atoms. The molecular formula is C22H21Cl2N3O2S. The first-order valence-electron chi connectivity index (χ1n) is 9.84. The zero-order valence-electron chi connectivity index (χ0n) is 16.3. The summed E-state index contributed by atoms with van der Waals surface area (Å²) in [6, 6.07) is 15.3. The standard InChI is InChI=1S/C22H21Cl2N3O2S/c23-16-5-3-15(4-6-16)22-26-25-20(29-22)14-27(18-9-10-18)21(28)2-1-13-30-19-11-7-17(24)8-12-19/h3-8,11-12,18H,1-2,9-10,13-14H2. The normalized spacial score (nSPS) is 13.4. The predicted molar refractivity (Wildman–Crippen MR) is 120 cm³/mol. The van der Waals surface area contributed by atoms with E-state index in [1.165, 1.54) is 0 Å². The molecule has 30 heavy (non-hydrogen) atoms. The van der Waals surface area contributed by atoms with Gasteiger partial charge in [0, 0.05) is 33.0 Å². The second kappa shape index (κ2) is 9.86. The first kappa shape index (κ1) is 21.2. The Balaban J connectivity index is 1.30. The van der Waals surface area contributed by atoms with Crippen LogP contribution in [0.5, 0.6) is 0 Å². The van der Waals surface area contributed by atoms with E-state index in [1.54, 1.807) is 23.9 Å². The van der Waals surface area contributed by atoms with Crippen LogP contribution in [0.4, 0.5) is 0 Å². The molecule has 0 spiro atoms. The average Bonchev–Trinajstić information content (AvgIpc) is 3.49. The number of nitrogens with zero attached hydrogens (tertiary/aromatic N) is 3. The highest BCUT2D eigenvalue weighted by atomic mass is 35.5. The third kappa shape index (κ3) is 5.78. The zero-order valence-corrected chi connectivity index (χ0v) is 18.6. The van der Waals surface area contributed by atoms with E-state index >= 15 is 0 Å². The molecule has 3 aromatic rings. The maximum absolute atomic E-state index is 12.8. The highest BCUT2D eigenvalue weighted by Crippen LogP contribution is 2.30. The van der Waals surface area contributed by atoms with Gasteiger partial charge < -0.3 is 9.32 Å². The minimum atomic E-state index is 0.139. The number of carbonyl (C=O) groups excluding carboxylic acids is 1. The van der Waals surface area contributed by atoms with E-state index in [-0.39, 0.29) is 11.9 Å². The van der Waals surface area contributed by atoms with E-state index in [4.69, 9.17) is 27.6 Å². The quantitative estimate of drug-likeness (QED) is 0.284. The van der Waals surface area contributed by atoms with Gasteiger partial charge in [0.05, 0.1) is 6.54 Å². The van der Waals surface area contributed by atoms with Crippen molar-refractivity contribution in [2.24, 2.45) is 0 Å². The Hall–Kier alpha value is -2.02. The number of hydrogen-bond acceptors (Lipinski definition) is 5. The number of amides is 1. The molecule has 4 rings (SSSR count). The van der Waals surface area contributed by atoms with Crippen molar-refractivity contribution >= 4 is 40.9 Å². The van der Waals surface area contributed by atoms with Crippen LogP contribution in [0.3, 0.4) is 0 Å². The highest BCUT2D eigenvalue weighted by molar-refractivity contribution is 7.99. The smallest absolute Gasteiger partial charge is 0.247 e. The van der Waals surface area contributed by atoms with Crippen LogP contribution in [0.15, 0.2) is 57.8 Å². The van der Waals surface area contributed by atoms with Crippen molar-refractivity contribution in [1.82, 2.24) is 15.1 Å². The molecule has 156 valence electrons. The van der Waals surface area contributed by atoms with Crippen LogP contribution in [-0.4, -0.2) is 32.8 Å². The molecule has 0 atom stereocenters. The molecule has 2 aromatic carbocycles. The molecule has 1 amide bonds. The molecule has 0 N–H and O–H groups in total. The Morgan fingerprint density at radius 2 is 1.70 bits per heavy atom. The minimum absolute atomic E-state index is 0.139. The number of thioether (sulfide) groups is 1. The number of benzene rings is 2. The van der Waals surface area contributed by atoms with Gasteiger partial charge >= 0.3 is 0 Å². The Labute approximate surface area is 189 Å². The largest absolute Gasteiger partial charge is 0.419 e. The lowest BCUT2D eigenvalue weighted by molar-refractivity contribution is -0.132. The fourth-order valence-electron chi connectivity index (χ4n) is 3.07. The van der Waals surface area contributed by atoms with E-state index in [9.17, 15) is 4.79 Å². The predicted octanol–water partition coefficient (Wildman–Crippen LogP) is 6.11. The molecule has 1 aromatic heterocycles. The van der Waals surface area contributed by atoms with Crippen molar-refractivity contribution in [3.05, 3.63) is 64.5 Å². The van der Waals surface area contributed by atoms with Gasteiger partial charge in [-0.05, 0) is 73.5 Å². The van der Waals surface area contributed by atoms with Crippen LogP contribution in [0, 0.1) is 0 Å². The summed E-state index contributed by atoms with van der Waals surface area (Å²) >= 11 is 13.6. The van der Waals surface area contributed by atoms with Crippen molar-refractivity contribution in [2.75, 3.05) is 5.75 Å². The van der Waals surface area contributed by atoms with Gasteiger partial charge in [0.25, 0.3) is 0 Å². The summed E-state index contributed by atoms with van der Waals surface area (Å²) in [5, 5.41) is 9.63. The minimum Gasteiger partial charge on any atom is -0.419 e. The van der Waals surface area contributed by atoms with Crippen LogP contribution in [0.25, 0.3) is 11.5 Å². The van der Waals surface area contributed by atoms with Crippen molar-refractivity contribution in [1.29, 1.82) is 0 Å². The molecule has 5 nitrogen and oxygen atoms in total. The molecule has 0 saturated heterocycles. The van der Waals surface area contributed by atoms with Gasteiger partial charge in [-0.25, -0.2) is 0 Å². The highest BCUT2D eigenvalue weighted by Gasteiger charge is 2.33. The third-order valence-corrected chi connectivity index (χ3v) is 6.39. The molecular weight excluding hydrogens is 441 g/mol. The Morgan fingerprint density at radius 1 is 1.03 bits per heavy atom. The molecule has 1 aliphatic carbocycles. The summed E-state index contributed by atoms with van der Waals surface area (Å²) < 4.78 is 5.79. The zero-order chi connectivity index (χ0) is 20.9. The Morgan fingerprint density at radius 3 is 2.37 bits per heavy atom. The molecule has 8 heteroatoms. The summed E-state index contributed by atoms with van der Waals surface area (Å²) in [7, 11) is 0. The number of rotatable bonds is 9. The number of aromatic nitrogens is 2. The van der Waals surface area contributed by atoms with Crippen LogP contribution < -0.4 is 0 Å². The van der Waals surface area contributed by atoms with Gasteiger partial charge in [0.15, 0.2) is 0 Å². The van der Waals surface area contributed by atoms with Crippen LogP contribution in [0.1, 0.15) is 31.6 Å². The topological polar surface area (TPSA) is 59.2 Å². The fourth-order valence-corrected chi connectivity index (χ4v) is 4.17. The second-order valence-electron chi connectivity index (χ2n) is 7.17. The third-order valence-electron chi connectivity index (χ3n) is 4.79. The van der Waals surface area contributed by atoms with Gasteiger partial charge in [-0.1, -0.05) is 23.2 Å². The van der Waals surface area contributed by atoms with Crippen LogP contribution in [-0.2, 0) is 11.3 Å². The lowest BCUT2D eigenvalue weighted by Gasteiger charge is -2.20. The van der Waals surface area contributed by atoms with Crippen LogP contribution in [0.2, 0.25) is 10.0 Å². The van der Waals surface area contributed by atoms with Gasteiger partial charge in [-0.15, -0.1) is 22.0 Å². The van der Waals surface area contributed by atoms with Crippen molar-refractivity contribution in [3.8, 4) is 11.5 Å². The first-order valence-corrected chi connectivity index (χ1v) is 11.6. The maximum atomic E-state index is 12.8. The monoisotopic (exact) mass is 461 g/mol. The van der Waals surface area contributed by atoms with Gasteiger partial charge in [0.2, 0.25) is 17.7 Å². The SMILES string of the molecule is O=C(CCCSc1ccc(Cl)cc1)N(Cc1nnc(-c2ccc(Cl)cc2)o1)C1CC1. The van der Waals surface area contributed by atoms with Crippen LogP contribution >= 0.6 is 35.0 Å². The molecule has 0 aliphatic heterocycles. The molecule has 1 fully saturated rings. The molecule has 1 heterocycles. The lowest BCUT2D eigenvalue weighted by atomic mass is 10.2. The van der Waals surface area contributed by atoms with E-state index in [1.807, 2.05) is 41.3 Å². The summed E-state index contributed by atoms with van der Waals surface area (Å²) in [4.78, 5) is 15.8. The van der Waals surface area contributed by atoms with Gasteiger partial charge in [0.1, 0.15) is 0 Å². The molecule has 0 radical (unpaired) electrons. The van der Waals surface area contributed by atoms with Gasteiger partial charge in [-0.2, -0.15) is 0 Å². The lowest BCUT2D eigenvalue weighted by Crippen LogP contribution is -2.32. The summed E-state index contributed by atoms with van der Waals surface area (Å²) in [5.41, 5.74) is 0.807. The molecule has 0 unspecified atom stereocenters. The Kier molecular flexibility index (Phi) is 6.97. The number of halogens is 2. The summed E-state index contributed by atoms with van der Waals surface area (Å²) in [5.74, 6) is 1.91. The summed E-state index contributed by atoms with van der Waals surface area (Å²) in [6.45, 7) is 0.356. The number of hydrogen-bond donors (Lipinski definition) is 0. The van der Waals surface area contributed by atoms with Crippen molar-refractivity contribution < 1.29 is 9.21 Å². The average molecular weight is 462 g/mol. The van der Waals surface area contributed by atoms with Crippen molar-refractivity contribution in [3.63, 3.8) is 0 Å². The van der Waals surface area contributed by atoms with E-state index in [0.29, 0.717) is 29.8 Å². The number of carbonyl (C=O) groups is 1. The fraction of sp³-hybridized carbons (Fsp3) is 0.318. The maximum Gasteiger partial charge on any atom is 0.247 e. The van der Waals surface area contributed by atoms with Gasteiger partial charge in [-0.3, -0.25) is 4.79 Å². The molecule has 1 aliphatic rings. The van der Waals surface area contributed by atoms with Crippen molar-refractivity contribution in [2.45, 2.75) is 43.2 Å². The summed E-state index contributed by atoms with van der Waals surface area (Å²) in [6.07, 6.45) is 3.39. The molecule has 1 saturated carbocycles. The first-order chi connectivity index (χ1) is 14.6. The van der Waals surface area contributed by atoms with E-state index in [2.05, 4.69) is 10.2 Å². The Bertz CT molecular complexity index is 988.